The maximum Gasteiger partial charge on any atom is 0.246 e. The quantitative estimate of drug-likeness (QED) is 0.642. The first-order valence-corrected chi connectivity index (χ1v) is 6.06. The van der Waals surface area contributed by atoms with Gasteiger partial charge in [-0.3, -0.25) is 4.72 Å². The fourth-order valence-electron chi connectivity index (χ4n) is 0.777. The van der Waals surface area contributed by atoms with E-state index in [1.807, 2.05) is 0 Å². The molecule has 1 aromatic rings. The van der Waals surface area contributed by atoms with E-state index in [1.54, 1.807) is 0 Å². The number of anilines is 1. The SMILES string of the molecule is O=S(=O)(CCl)Nc1ccc(O)c(Cl)c1. The summed E-state index contributed by atoms with van der Waals surface area (Å²) in [6.07, 6.45) is 0. The summed E-state index contributed by atoms with van der Waals surface area (Å²) in [4.78, 5) is 0. The Bertz CT molecular complexity index is 433. The minimum absolute atomic E-state index is 0.0692. The molecule has 0 aliphatic heterocycles. The molecule has 0 unspecified atom stereocenters. The Kier molecular flexibility index (Phi) is 3.47. The van der Waals surface area contributed by atoms with Gasteiger partial charge < -0.3 is 5.11 Å². The highest BCUT2D eigenvalue weighted by atomic mass is 35.5. The summed E-state index contributed by atoms with van der Waals surface area (Å²) in [6, 6.07) is 3.96. The number of phenolic OH excluding ortho intramolecular Hbond substituents is 1. The van der Waals surface area contributed by atoms with Gasteiger partial charge in [-0.05, 0) is 18.2 Å². The van der Waals surface area contributed by atoms with Gasteiger partial charge in [0.25, 0.3) is 0 Å². The van der Waals surface area contributed by atoms with Gasteiger partial charge in [0.1, 0.15) is 11.0 Å². The summed E-state index contributed by atoms with van der Waals surface area (Å²) >= 11 is 10.7. The van der Waals surface area contributed by atoms with Gasteiger partial charge in [-0.15, -0.1) is 11.6 Å². The van der Waals surface area contributed by atoms with Crippen molar-refractivity contribution in [3.05, 3.63) is 23.2 Å². The van der Waals surface area contributed by atoms with E-state index in [2.05, 4.69) is 4.72 Å². The number of hydrogen-bond acceptors (Lipinski definition) is 3. The molecule has 0 atom stereocenters. The molecule has 0 fully saturated rings. The first-order chi connectivity index (χ1) is 6.44. The Morgan fingerprint density at radius 3 is 2.57 bits per heavy atom. The summed E-state index contributed by atoms with van der Waals surface area (Å²) in [6.45, 7) is 0. The van der Waals surface area contributed by atoms with Crippen LogP contribution in [0.1, 0.15) is 0 Å². The number of alkyl halides is 1. The smallest absolute Gasteiger partial charge is 0.246 e. The summed E-state index contributed by atoms with van der Waals surface area (Å²) in [5, 5.41) is 8.60. The van der Waals surface area contributed by atoms with Crippen LogP contribution in [0.3, 0.4) is 0 Å². The number of sulfonamides is 1. The topological polar surface area (TPSA) is 66.4 Å². The van der Waals surface area contributed by atoms with E-state index in [-0.39, 0.29) is 16.5 Å². The normalized spacial score (nSPS) is 11.3. The number of hydrogen-bond donors (Lipinski definition) is 2. The van der Waals surface area contributed by atoms with Crippen LogP contribution in [0.2, 0.25) is 5.02 Å². The summed E-state index contributed by atoms with van der Waals surface area (Å²) in [5.41, 5.74) is 0.258. The van der Waals surface area contributed by atoms with Crippen LogP contribution in [0.4, 0.5) is 5.69 Å². The van der Waals surface area contributed by atoms with Crippen molar-refractivity contribution in [3.8, 4) is 5.75 Å². The monoisotopic (exact) mass is 255 g/mol. The molecule has 0 aliphatic carbocycles. The highest BCUT2D eigenvalue weighted by Gasteiger charge is 2.08. The van der Waals surface area contributed by atoms with Crippen molar-refractivity contribution in [2.45, 2.75) is 0 Å². The Hall–Kier alpha value is -0.650. The molecule has 0 spiro atoms. The molecule has 2 N–H and O–H groups in total. The third-order valence-corrected chi connectivity index (χ3v) is 3.36. The zero-order chi connectivity index (χ0) is 10.8. The Balaban J connectivity index is 2.94. The molecule has 0 aliphatic rings. The molecule has 0 saturated heterocycles. The fourth-order valence-corrected chi connectivity index (χ4v) is 1.66. The minimum Gasteiger partial charge on any atom is -0.506 e. The third-order valence-electron chi connectivity index (χ3n) is 1.36. The highest BCUT2D eigenvalue weighted by molar-refractivity contribution is 7.93. The maximum absolute atomic E-state index is 11.0. The fraction of sp³-hybridized carbons (Fsp3) is 0.143. The van der Waals surface area contributed by atoms with Crippen molar-refractivity contribution in [2.24, 2.45) is 0 Å². The molecule has 78 valence electrons. The Morgan fingerprint density at radius 2 is 2.07 bits per heavy atom. The molecule has 0 radical (unpaired) electrons. The summed E-state index contributed by atoms with van der Waals surface area (Å²) in [7, 11) is -3.53. The lowest BCUT2D eigenvalue weighted by Gasteiger charge is -2.05. The number of aromatic hydroxyl groups is 1. The van der Waals surface area contributed by atoms with Crippen LogP contribution in [0.15, 0.2) is 18.2 Å². The van der Waals surface area contributed by atoms with Crippen molar-refractivity contribution in [1.82, 2.24) is 0 Å². The van der Waals surface area contributed by atoms with Crippen molar-refractivity contribution >= 4 is 38.9 Å². The summed E-state index contributed by atoms with van der Waals surface area (Å²) in [5.74, 6) is -0.111. The van der Waals surface area contributed by atoms with Crippen LogP contribution in [-0.2, 0) is 10.0 Å². The lowest BCUT2D eigenvalue weighted by Crippen LogP contribution is -2.13. The van der Waals surface area contributed by atoms with E-state index >= 15 is 0 Å². The first-order valence-electron chi connectivity index (χ1n) is 3.49. The van der Waals surface area contributed by atoms with Gasteiger partial charge in [-0.2, -0.15) is 0 Å². The van der Waals surface area contributed by atoms with E-state index in [1.165, 1.54) is 18.2 Å². The van der Waals surface area contributed by atoms with Crippen LogP contribution in [0, 0.1) is 0 Å². The second-order valence-electron chi connectivity index (χ2n) is 2.49. The minimum atomic E-state index is -3.53. The van der Waals surface area contributed by atoms with Crippen molar-refractivity contribution in [2.75, 3.05) is 9.93 Å². The van der Waals surface area contributed by atoms with Crippen LogP contribution in [0.5, 0.6) is 5.75 Å². The first kappa shape index (κ1) is 11.4. The van der Waals surface area contributed by atoms with E-state index in [4.69, 9.17) is 28.3 Å². The third kappa shape index (κ3) is 2.94. The van der Waals surface area contributed by atoms with Gasteiger partial charge in [0, 0.05) is 0 Å². The van der Waals surface area contributed by atoms with E-state index in [0.717, 1.165) is 0 Å². The zero-order valence-electron chi connectivity index (χ0n) is 6.87. The Labute approximate surface area is 91.5 Å². The summed E-state index contributed by atoms with van der Waals surface area (Å²) < 4.78 is 24.2. The second kappa shape index (κ2) is 4.25. The number of halogens is 2. The number of benzene rings is 1. The molecule has 4 nitrogen and oxygen atoms in total. The lowest BCUT2D eigenvalue weighted by molar-refractivity contribution is 0.475. The lowest BCUT2D eigenvalue weighted by atomic mass is 10.3. The number of nitrogens with one attached hydrogen (secondary N) is 1. The molecule has 1 aromatic carbocycles. The van der Waals surface area contributed by atoms with Crippen LogP contribution < -0.4 is 4.72 Å². The van der Waals surface area contributed by atoms with Crippen molar-refractivity contribution in [1.29, 1.82) is 0 Å². The predicted octanol–water partition coefficient (Wildman–Crippen LogP) is 1.98. The molecular weight excluding hydrogens is 249 g/mol. The standard InChI is InChI=1S/C7H7Cl2NO3S/c8-4-14(12,13)10-5-1-2-7(11)6(9)3-5/h1-3,10-11H,4H2. The second-order valence-corrected chi connectivity index (χ2v) is 5.21. The molecule has 0 heterocycles. The molecule has 0 amide bonds. The van der Waals surface area contributed by atoms with E-state index in [9.17, 15) is 8.42 Å². The van der Waals surface area contributed by atoms with Crippen LogP contribution in [0.25, 0.3) is 0 Å². The van der Waals surface area contributed by atoms with Gasteiger partial charge >= 0.3 is 0 Å². The molecule has 14 heavy (non-hydrogen) atoms. The van der Waals surface area contributed by atoms with Crippen LogP contribution in [-0.4, -0.2) is 18.7 Å². The van der Waals surface area contributed by atoms with Crippen molar-refractivity contribution in [3.63, 3.8) is 0 Å². The van der Waals surface area contributed by atoms with E-state index < -0.39 is 15.2 Å². The number of phenols is 1. The van der Waals surface area contributed by atoms with Gasteiger partial charge in [-0.25, -0.2) is 8.42 Å². The maximum atomic E-state index is 11.0. The molecule has 1 rings (SSSR count). The van der Waals surface area contributed by atoms with E-state index in [0.29, 0.717) is 0 Å². The molecule has 0 bridgehead atoms. The molecule has 7 heteroatoms. The Morgan fingerprint density at radius 1 is 1.43 bits per heavy atom. The van der Waals surface area contributed by atoms with Gasteiger partial charge in [0.05, 0.1) is 10.7 Å². The number of rotatable bonds is 3. The predicted molar refractivity (Wildman–Crippen MR) is 56.4 cm³/mol. The average Bonchev–Trinajstić information content (AvgIpc) is 2.11. The van der Waals surface area contributed by atoms with Gasteiger partial charge in [0.15, 0.2) is 0 Å². The van der Waals surface area contributed by atoms with Gasteiger partial charge in [0.2, 0.25) is 10.0 Å². The molecule has 0 saturated carbocycles. The zero-order valence-corrected chi connectivity index (χ0v) is 9.20. The van der Waals surface area contributed by atoms with Crippen molar-refractivity contribution < 1.29 is 13.5 Å². The molecular formula is C7H7Cl2NO3S. The highest BCUT2D eigenvalue weighted by Crippen LogP contribution is 2.26. The molecule has 0 aromatic heterocycles. The van der Waals surface area contributed by atoms with Gasteiger partial charge in [-0.1, -0.05) is 11.6 Å². The van der Waals surface area contributed by atoms with Crippen LogP contribution >= 0.6 is 23.2 Å². The largest absolute Gasteiger partial charge is 0.506 e. The average molecular weight is 256 g/mol.